The standard InChI is InChI=1S/C17H19Cl2N3O2S/c1-10-4-2-3-5-14(10)20-15(23)9-25-17-22-21-16(24-17)12-7-6-11(18)8-13(12)19/h6-8,10,14H,2-5,9H2,1H3,(H,20,23)/t10-,14-/m0/s1. The lowest BCUT2D eigenvalue weighted by Crippen LogP contribution is -2.41. The van der Waals surface area contributed by atoms with Crippen molar-refractivity contribution < 1.29 is 9.21 Å². The number of carbonyl (C=O) groups is 1. The van der Waals surface area contributed by atoms with Crippen molar-refractivity contribution in [3.8, 4) is 11.5 Å². The predicted molar refractivity (Wildman–Crippen MR) is 100 cm³/mol. The molecule has 5 nitrogen and oxygen atoms in total. The molecule has 1 saturated carbocycles. The molecule has 0 radical (unpaired) electrons. The van der Waals surface area contributed by atoms with Gasteiger partial charge in [0.15, 0.2) is 0 Å². The van der Waals surface area contributed by atoms with Crippen LogP contribution in [0.25, 0.3) is 11.5 Å². The maximum atomic E-state index is 12.1. The second-order valence-corrected chi connectivity index (χ2v) is 7.99. The molecule has 0 bridgehead atoms. The van der Waals surface area contributed by atoms with Crippen LogP contribution < -0.4 is 5.32 Å². The molecule has 2 aromatic rings. The highest BCUT2D eigenvalue weighted by molar-refractivity contribution is 7.99. The zero-order valence-corrected chi connectivity index (χ0v) is 16.1. The largest absolute Gasteiger partial charge is 0.411 e. The maximum Gasteiger partial charge on any atom is 0.277 e. The molecule has 2 atom stereocenters. The van der Waals surface area contributed by atoms with E-state index in [0.29, 0.717) is 32.6 Å². The van der Waals surface area contributed by atoms with Gasteiger partial charge in [-0.05, 0) is 37.0 Å². The first-order valence-corrected chi connectivity index (χ1v) is 9.98. The minimum atomic E-state index is -0.00646. The molecule has 134 valence electrons. The smallest absolute Gasteiger partial charge is 0.277 e. The number of nitrogens with zero attached hydrogens (tertiary/aromatic N) is 2. The summed E-state index contributed by atoms with van der Waals surface area (Å²) in [7, 11) is 0. The highest BCUT2D eigenvalue weighted by Gasteiger charge is 2.23. The molecule has 0 spiro atoms. The summed E-state index contributed by atoms with van der Waals surface area (Å²) < 4.78 is 5.59. The molecule has 1 heterocycles. The zero-order valence-electron chi connectivity index (χ0n) is 13.8. The van der Waals surface area contributed by atoms with Crippen LogP contribution in [0.1, 0.15) is 32.6 Å². The Balaban J connectivity index is 1.55. The molecule has 25 heavy (non-hydrogen) atoms. The first-order valence-electron chi connectivity index (χ1n) is 8.24. The predicted octanol–water partition coefficient (Wildman–Crippen LogP) is 4.83. The minimum absolute atomic E-state index is 0.00646. The van der Waals surface area contributed by atoms with Crippen LogP contribution in [-0.4, -0.2) is 27.9 Å². The molecule has 8 heteroatoms. The van der Waals surface area contributed by atoms with Gasteiger partial charge in [-0.25, -0.2) is 0 Å². The summed E-state index contributed by atoms with van der Waals surface area (Å²) in [5, 5.41) is 12.4. The van der Waals surface area contributed by atoms with Crippen molar-refractivity contribution in [1.29, 1.82) is 0 Å². The lowest BCUT2D eigenvalue weighted by Gasteiger charge is -2.29. The highest BCUT2D eigenvalue weighted by Crippen LogP contribution is 2.31. The molecular weight excluding hydrogens is 381 g/mol. The van der Waals surface area contributed by atoms with E-state index in [2.05, 4.69) is 22.4 Å². The summed E-state index contributed by atoms with van der Waals surface area (Å²) in [5.41, 5.74) is 0.617. The van der Waals surface area contributed by atoms with E-state index in [4.69, 9.17) is 27.6 Å². The molecule has 1 amide bonds. The van der Waals surface area contributed by atoms with Gasteiger partial charge in [-0.15, -0.1) is 10.2 Å². The van der Waals surface area contributed by atoms with Crippen LogP contribution in [-0.2, 0) is 4.79 Å². The number of halogens is 2. The number of nitrogens with one attached hydrogen (secondary N) is 1. The van der Waals surface area contributed by atoms with Gasteiger partial charge in [-0.1, -0.05) is 54.7 Å². The van der Waals surface area contributed by atoms with Crippen molar-refractivity contribution in [2.45, 2.75) is 43.9 Å². The van der Waals surface area contributed by atoms with E-state index in [-0.39, 0.29) is 17.7 Å². The molecule has 0 saturated heterocycles. The van der Waals surface area contributed by atoms with Gasteiger partial charge in [-0.2, -0.15) is 0 Å². The van der Waals surface area contributed by atoms with E-state index in [0.717, 1.165) is 6.42 Å². The van der Waals surface area contributed by atoms with Crippen molar-refractivity contribution in [3.63, 3.8) is 0 Å². The molecular formula is C17H19Cl2N3O2S. The number of benzene rings is 1. The Hall–Kier alpha value is -1.24. The van der Waals surface area contributed by atoms with Crippen LogP contribution in [0.2, 0.25) is 10.0 Å². The van der Waals surface area contributed by atoms with Crippen LogP contribution in [0.15, 0.2) is 27.8 Å². The minimum Gasteiger partial charge on any atom is -0.411 e. The number of thioether (sulfide) groups is 1. The molecule has 0 aliphatic heterocycles. The molecule has 1 N–H and O–H groups in total. The third kappa shape index (κ3) is 4.90. The van der Waals surface area contributed by atoms with Crippen molar-refractivity contribution in [2.24, 2.45) is 5.92 Å². The van der Waals surface area contributed by atoms with Gasteiger partial charge in [0.05, 0.1) is 16.3 Å². The summed E-state index contributed by atoms with van der Waals surface area (Å²) in [4.78, 5) is 12.1. The molecule has 0 unspecified atom stereocenters. The third-order valence-electron chi connectivity index (χ3n) is 4.35. The van der Waals surface area contributed by atoms with Crippen LogP contribution in [0.4, 0.5) is 0 Å². The summed E-state index contributed by atoms with van der Waals surface area (Å²) in [6.45, 7) is 2.19. The Labute approximate surface area is 160 Å². The number of amides is 1. The first kappa shape index (κ1) is 18.5. The second-order valence-electron chi connectivity index (χ2n) is 6.22. The van der Waals surface area contributed by atoms with Crippen molar-refractivity contribution in [2.75, 3.05) is 5.75 Å². The first-order chi connectivity index (χ1) is 12.0. The van der Waals surface area contributed by atoms with Crippen LogP contribution in [0.5, 0.6) is 0 Å². The molecule has 3 rings (SSSR count). The summed E-state index contributed by atoms with van der Waals surface area (Å²) >= 11 is 13.2. The number of hydrogen-bond acceptors (Lipinski definition) is 5. The van der Waals surface area contributed by atoms with E-state index >= 15 is 0 Å². The SMILES string of the molecule is C[C@H]1CCCC[C@@H]1NC(=O)CSc1nnc(-c2ccc(Cl)cc2Cl)o1. The number of rotatable bonds is 5. The quantitative estimate of drug-likeness (QED) is 0.728. The van der Waals surface area contributed by atoms with E-state index in [1.807, 2.05) is 0 Å². The summed E-state index contributed by atoms with van der Waals surface area (Å²) in [6, 6.07) is 5.32. The summed E-state index contributed by atoms with van der Waals surface area (Å²) in [5.74, 6) is 1.09. The number of carbonyl (C=O) groups excluding carboxylic acids is 1. The summed E-state index contributed by atoms with van der Waals surface area (Å²) in [6.07, 6.45) is 4.65. The molecule has 1 aromatic carbocycles. The zero-order chi connectivity index (χ0) is 17.8. The Kier molecular flexibility index (Phi) is 6.25. The maximum absolute atomic E-state index is 12.1. The van der Waals surface area contributed by atoms with Crippen molar-refractivity contribution >= 4 is 40.9 Å². The monoisotopic (exact) mass is 399 g/mol. The Morgan fingerprint density at radius 3 is 2.88 bits per heavy atom. The van der Waals surface area contributed by atoms with Gasteiger partial charge >= 0.3 is 0 Å². The topological polar surface area (TPSA) is 68.0 Å². The fourth-order valence-corrected chi connectivity index (χ4v) is 4.01. The van der Waals surface area contributed by atoms with Gasteiger partial charge in [0.1, 0.15) is 0 Å². The lowest BCUT2D eigenvalue weighted by atomic mass is 9.86. The van der Waals surface area contributed by atoms with Crippen LogP contribution in [0, 0.1) is 5.92 Å². The van der Waals surface area contributed by atoms with Crippen molar-refractivity contribution in [1.82, 2.24) is 15.5 Å². The van der Waals surface area contributed by atoms with E-state index < -0.39 is 0 Å². The average Bonchev–Trinajstić information content (AvgIpc) is 3.04. The third-order valence-corrected chi connectivity index (χ3v) is 5.72. The Morgan fingerprint density at radius 1 is 1.32 bits per heavy atom. The van der Waals surface area contributed by atoms with E-state index in [9.17, 15) is 4.79 Å². The number of hydrogen-bond donors (Lipinski definition) is 1. The van der Waals surface area contributed by atoms with Gasteiger partial charge < -0.3 is 9.73 Å². The molecule has 1 fully saturated rings. The molecule has 1 aliphatic carbocycles. The van der Waals surface area contributed by atoms with E-state index in [1.165, 1.54) is 31.0 Å². The second kappa shape index (κ2) is 8.43. The van der Waals surface area contributed by atoms with Gasteiger partial charge in [0.2, 0.25) is 11.8 Å². The van der Waals surface area contributed by atoms with Crippen LogP contribution in [0.3, 0.4) is 0 Å². The fourth-order valence-electron chi connectivity index (χ4n) is 2.95. The van der Waals surface area contributed by atoms with Gasteiger partial charge in [-0.3, -0.25) is 4.79 Å². The average molecular weight is 400 g/mol. The van der Waals surface area contributed by atoms with Crippen LogP contribution >= 0.6 is 35.0 Å². The number of aromatic nitrogens is 2. The Morgan fingerprint density at radius 2 is 2.12 bits per heavy atom. The van der Waals surface area contributed by atoms with E-state index in [1.54, 1.807) is 18.2 Å². The normalized spacial score (nSPS) is 20.4. The van der Waals surface area contributed by atoms with Gasteiger partial charge in [0.25, 0.3) is 5.22 Å². The highest BCUT2D eigenvalue weighted by atomic mass is 35.5. The molecule has 1 aromatic heterocycles. The molecule has 1 aliphatic rings. The Bertz CT molecular complexity index is 753. The van der Waals surface area contributed by atoms with Crippen molar-refractivity contribution in [3.05, 3.63) is 28.2 Å². The fraction of sp³-hybridized carbons (Fsp3) is 0.471. The van der Waals surface area contributed by atoms with Gasteiger partial charge in [0, 0.05) is 11.1 Å². The lowest BCUT2D eigenvalue weighted by molar-refractivity contribution is -0.119.